The fourth-order valence-corrected chi connectivity index (χ4v) is 3.90. The third-order valence-corrected chi connectivity index (χ3v) is 5.47. The molecule has 2 amide bonds. The van der Waals surface area contributed by atoms with Crippen molar-refractivity contribution in [2.24, 2.45) is 0 Å². The Hall–Kier alpha value is -3.27. The third kappa shape index (κ3) is 3.35. The predicted octanol–water partition coefficient (Wildman–Crippen LogP) is 0.560. The van der Waals surface area contributed by atoms with Gasteiger partial charge in [0.25, 0.3) is 11.8 Å². The highest BCUT2D eigenvalue weighted by molar-refractivity contribution is 5.95. The van der Waals surface area contributed by atoms with Gasteiger partial charge in [-0.15, -0.1) is 0 Å². The van der Waals surface area contributed by atoms with Gasteiger partial charge in [-0.1, -0.05) is 0 Å². The SMILES string of the molecule is O=C(NCC1CCCO1)c1n[nH]c2c1CCN(C(=O)c1ccc3ncnn3c1)C2. The monoisotopic (exact) mass is 395 g/mol. The smallest absolute Gasteiger partial charge is 0.272 e. The van der Waals surface area contributed by atoms with E-state index in [4.69, 9.17) is 4.74 Å². The van der Waals surface area contributed by atoms with Crippen LogP contribution in [-0.2, 0) is 17.7 Å². The van der Waals surface area contributed by atoms with E-state index in [0.717, 1.165) is 30.7 Å². The molecule has 0 aliphatic carbocycles. The second-order valence-electron chi connectivity index (χ2n) is 7.33. The highest BCUT2D eigenvalue weighted by atomic mass is 16.5. The Labute approximate surface area is 166 Å². The lowest BCUT2D eigenvalue weighted by Gasteiger charge is -2.27. The number of H-pyrrole nitrogens is 1. The molecular formula is C19H21N7O3. The molecule has 0 spiro atoms. The van der Waals surface area contributed by atoms with Crippen molar-refractivity contribution >= 4 is 17.5 Å². The molecule has 0 radical (unpaired) electrons. The molecule has 1 unspecified atom stereocenters. The van der Waals surface area contributed by atoms with Gasteiger partial charge < -0.3 is 15.0 Å². The van der Waals surface area contributed by atoms with E-state index in [1.807, 2.05) is 0 Å². The zero-order valence-corrected chi connectivity index (χ0v) is 15.8. The second kappa shape index (κ2) is 7.28. The topological polar surface area (TPSA) is 118 Å². The summed E-state index contributed by atoms with van der Waals surface area (Å²) < 4.78 is 7.12. The van der Waals surface area contributed by atoms with Gasteiger partial charge in [0.05, 0.1) is 23.9 Å². The molecule has 29 heavy (non-hydrogen) atoms. The summed E-state index contributed by atoms with van der Waals surface area (Å²) in [6.45, 7) is 2.16. The van der Waals surface area contributed by atoms with E-state index in [1.165, 1.54) is 6.33 Å². The number of carbonyl (C=O) groups is 2. The summed E-state index contributed by atoms with van der Waals surface area (Å²) >= 11 is 0. The van der Waals surface area contributed by atoms with Crippen LogP contribution in [0.15, 0.2) is 24.7 Å². The summed E-state index contributed by atoms with van der Waals surface area (Å²) in [6, 6.07) is 3.51. The van der Waals surface area contributed by atoms with Crippen molar-refractivity contribution in [2.45, 2.75) is 31.9 Å². The molecule has 0 saturated carbocycles. The molecule has 1 saturated heterocycles. The Morgan fingerprint density at radius 3 is 3.14 bits per heavy atom. The largest absolute Gasteiger partial charge is 0.376 e. The van der Waals surface area contributed by atoms with Crippen molar-refractivity contribution in [1.29, 1.82) is 0 Å². The van der Waals surface area contributed by atoms with Crippen molar-refractivity contribution in [3.63, 3.8) is 0 Å². The third-order valence-electron chi connectivity index (χ3n) is 5.47. The fraction of sp³-hybridized carbons (Fsp3) is 0.421. The number of rotatable bonds is 4. The lowest BCUT2D eigenvalue weighted by molar-refractivity contribution is 0.0731. The van der Waals surface area contributed by atoms with Crippen LogP contribution < -0.4 is 5.32 Å². The number of carbonyl (C=O) groups excluding carboxylic acids is 2. The molecule has 2 aliphatic heterocycles. The van der Waals surface area contributed by atoms with Gasteiger partial charge in [-0.3, -0.25) is 14.7 Å². The minimum Gasteiger partial charge on any atom is -0.376 e. The molecule has 10 nitrogen and oxygen atoms in total. The molecular weight excluding hydrogens is 374 g/mol. The first-order valence-corrected chi connectivity index (χ1v) is 9.73. The minimum atomic E-state index is -0.200. The number of ether oxygens (including phenoxy) is 1. The second-order valence-corrected chi connectivity index (χ2v) is 7.33. The first kappa shape index (κ1) is 17.8. The molecule has 1 atom stereocenters. The van der Waals surface area contributed by atoms with Crippen LogP contribution >= 0.6 is 0 Å². The number of hydrogen-bond acceptors (Lipinski definition) is 6. The summed E-state index contributed by atoms with van der Waals surface area (Å²) in [5.74, 6) is -0.290. The maximum absolute atomic E-state index is 12.9. The molecule has 10 heteroatoms. The number of aromatic amines is 1. The number of aromatic nitrogens is 5. The zero-order chi connectivity index (χ0) is 19.8. The zero-order valence-electron chi connectivity index (χ0n) is 15.8. The number of nitrogens with zero attached hydrogens (tertiary/aromatic N) is 5. The maximum atomic E-state index is 12.9. The molecule has 2 aliphatic rings. The first-order valence-electron chi connectivity index (χ1n) is 9.73. The number of fused-ring (bicyclic) bond motifs is 2. The quantitative estimate of drug-likeness (QED) is 0.667. The number of amides is 2. The molecule has 150 valence electrons. The highest BCUT2D eigenvalue weighted by Gasteiger charge is 2.28. The van der Waals surface area contributed by atoms with E-state index < -0.39 is 0 Å². The van der Waals surface area contributed by atoms with Gasteiger partial charge in [0, 0.05) is 31.5 Å². The summed E-state index contributed by atoms with van der Waals surface area (Å²) in [5, 5.41) is 14.1. The Bertz CT molecular complexity index is 1070. The van der Waals surface area contributed by atoms with E-state index in [1.54, 1.807) is 27.7 Å². The van der Waals surface area contributed by atoms with Crippen molar-refractivity contribution in [2.75, 3.05) is 19.7 Å². The van der Waals surface area contributed by atoms with Crippen molar-refractivity contribution in [3.8, 4) is 0 Å². The summed E-state index contributed by atoms with van der Waals surface area (Å²) in [4.78, 5) is 31.3. The summed E-state index contributed by atoms with van der Waals surface area (Å²) in [7, 11) is 0. The lowest BCUT2D eigenvalue weighted by Crippen LogP contribution is -2.37. The van der Waals surface area contributed by atoms with E-state index in [0.29, 0.717) is 43.0 Å². The van der Waals surface area contributed by atoms with Crippen LogP contribution in [0.4, 0.5) is 0 Å². The number of hydrogen-bond donors (Lipinski definition) is 2. The van der Waals surface area contributed by atoms with Crippen LogP contribution in [0.2, 0.25) is 0 Å². The molecule has 1 fully saturated rings. The maximum Gasteiger partial charge on any atom is 0.272 e. The molecule has 2 N–H and O–H groups in total. The van der Waals surface area contributed by atoms with E-state index >= 15 is 0 Å². The van der Waals surface area contributed by atoms with Crippen LogP contribution in [0.1, 0.15) is 44.9 Å². The van der Waals surface area contributed by atoms with E-state index in [9.17, 15) is 9.59 Å². The molecule has 5 heterocycles. The number of nitrogens with one attached hydrogen (secondary N) is 2. The van der Waals surface area contributed by atoms with Crippen LogP contribution in [0, 0.1) is 0 Å². The van der Waals surface area contributed by atoms with Gasteiger partial charge in [-0.05, 0) is 31.4 Å². The Morgan fingerprint density at radius 1 is 1.34 bits per heavy atom. The van der Waals surface area contributed by atoms with E-state index in [2.05, 4.69) is 25.6 Å². The molecule has 5 rings (SSSR count). The van der Waals surface area contributed by atoms with Crippen LogP contribution in [0.25, 0.3) is 5.65 Å². The van der Waals surface area contributed by atoms with Gasteiger partial charge >= 0.3 is 0 Å². The van der Waals surface area contributed by atoms with Crippen LogP contribution in [0.3, 0.4) is 0 Å². The predicted molar refractivity (Wildman–Crippen MR) is 101 cm³/mol. The Balaban J connectivity index is 1.27. The minimum absolute atomic E-state index is 0.0872. The average molecular weight is 395 g/mol. The van der Waals surface area contributed by atoms with E-state index in [-0.39, 0.29) is 17.9 Å². The highest BCUT2D eigenvalue weighted by Crippen LogP contribution is 2.22. The van der Waals surface area contributed by atoms with Crippen molar-refractivity contribution < 1.29 is 14.3 Å². The summed E-state index contributed by atoms with van der Waals surface area (Å²) in [6.07, 6.45) is 5.79. The van der Waals surface area contributed by atoms with Crippen molar-refractivity contribution in [3.05, 3.63) is 47.2 Å². The Kier molecular flexibility index (Phi) is 4.47. The summed E-state index contributed by atoms with van der Waals surface area (Å²) in [5.41, 5.74) is 3.32. The van der Waals surface area contributed by atoms with Gasteiger partial charge in [0.2, 0.25) is 0 Å². The Morgan fingerprint density at radius 2 is 2.28 bits per heavy atom. The molecule has 0 aromatic carbocycles. The van der Waals surface area contributed by atoms with Gasteiger partial charge in [0.15, 0.2) is 11.3 Å². The standard InChI is InChI=1S/C19H21N7O3/c27-18(20-8-13-2-1-7-29-13)17-14-5-6-25(10-15(14)23-24-17)19(28)12-3-4-16-21-11-22-26(16)9-12/h3-4,9,11,13H,1-2,5-8,10H2,(H,20,27)(H,23,24). The average Bonchev–Trinajstić information content (AvgIpc) is 3.50. The number of pyridine rings is 1. The lowest BCUT2D eigenvalue weighted by atomic mass is 10.0. The fourth-order valence-electron chi connectivity index (χ4n) is 3.90. The van der Waals surface area contributed by atoms with Gasteiger partial charge in [-0.25, -0.2) is 9.50 Å². The molecule has 3 aromatic rings. The normalized spacial score (nSPS) is 18.8. The first-order chi connectivity index (χ1) is 14.2. The van der Waals surface area contributed by atoms with Crippen molar-refractivity contribution in [1.82, 2.24) is 35.0 Å². The van der Waals surface area contributed by atoms with Crippen LogP contribution in [-0.4, -0.2) is 67.3 Å². The van der Waals surface area contributed by atoms with Gasteiger partial charge in [-0.2, -0.15) is 10.2 Å². The van der Waals surface area contributed by atoms with Gasteiger partial charge in [0.1, 0.15) is 6.33 Å². The molecule has 3 aromatic heterocycles. The molecule has 0 bridgehead atoms. The van der Waals surface area contributed by atoms with Crippen LogP contribution in [0.5, 0.6) is 0 Å².